The van der Waals surface area contributed by atoms with Crippen LogP contribution in [0.3, 0.4) is 0 Å². The van der Waals surface area contributed by atoms with E-state index in [9.17, 15) is 0 Å². The molecule has 16 heavy (non-hydrogen) atoms. The molecular formula is C13H20BrNO. The number of rotatable bonds is 6. The standard InChI is InChI=1S/C13H20BrNO/c1-10(2)9-16-13-6-5-12(14)8-11(13)4-3-7-15/h5-6,8,10H,3-4,7,9,15H2,1-2H3. The minimum absolute atomic E-state index is 0.547. The fraction of sp³-hybridized carbons (Fsp3) is 0.538. The molecule has 0 aliphatic rings. The summed E-state index contributed by atoms with van der Waals surface area (Å²) >= 11 is 3.48. The van der Waals surface area contributed by atoms with Crippen molar-refractivity contribution in [2.24, 2.45) is 11.7 Å². The van der Waals surface area contributed by atoms with Crippen LogP contribution in [0.1, 0.15) is 25.8 Å². The van der Waals surface area contributed by atoms with E-state index in [-0.39, 0.29) is 0 Å². The van der Waals surface area contributed by atoms with Crippen molar-refractivity contribution < 1.29 is 4.74 Å². The summed E-state index contributed by atoms with van der Waals surface area (Å²) in [7, 11) is 0. The molecular weight excluding hydrogens is 266 g/mol. The van der Waals surface area contributed by atoms with Gasteiger partial charge in [-0.3, -0.25) is 0 Å². The number of aryl methyl sites for hydroxylation is 1. The zero-order valence-corrected chi connectivity index (χ0v) is 11.6. The molecule has 1 rings (SSSR count). The zero-order chi connectivity index (χ0) is 12.0. The van der Waals surface area contributed by atoms with Crippen LogP contribution >= 0.6 is 15.9 Å². The van der Waals surface area contributed by atoms with E-state index in [4.69, 9.17) is 10.5 Å². The molecule has 0 unspecified atom stereocenters. The third kappa shape index (κ3) is 4.54. The molecule has 3 heteroatoms. The fourth-order valence-electron chi connectivity index (χ4n) is 1.43. The Morgan fingerprint density at radius 2 is 2.12 bits per heavy atom. The van der Waals surface area contributed by atoms with Crippen LogP contribution in [-0.2, 0) is 6.42 Å². The number of hydrogen-bond acceptors (Lipinski definition) is 2. The second-order valence-corrected chi connectivity index (χ2v) is 5.26. The number of hydrogen-bond donors (Lipinski definition) is 1. The lowest BCUT2D eigenvalue weighted by atomic mass is 10.1. The van der Waals surface area contributed by atoms with Gasteiger partial charge in [-0.05, 0) is 49.1 Å². The van der Waals surface area contributed by atoms with E-state index in [0.717, 1.165) is 36.2 Å². The van der Waals surface area contributed by atoms with Gasteiger partial charge >= 0.3 is 0 Å². The maximum Gasteiger partial charge on any atom is 0.122 e. The van der Waals surface area contributed by atoms with Crippen LogP contribution in [0.5, 0.6) is 5.75 Å². The quantitative estimate of drug-likeness (QED) is 0.870. The molecule has 0 saturated heterocycles. The van der Waals surface area contributed by atoms with Crippen LogP contribution in [0.2, 0.25) is 0 Å². The van der Waals surface area contributed by atoms with Crippen LogP contribution in [0, 0.1) is 5.92 Å². The summed E-state index contributed by atoms with van der Waals surface area (Å²) in [6.07, 6.45) is 1.97. The molecule has 0 aliphatic carbocycles. The van der Waals surface area contributed by atoms with Gasteiger partial charge in [-0.25, -0.2) is 0 Å². The Kier molecular flexibility index (Phi) is 5.85. The minimum Gasteiger partial charge on any atom is -0.493 e. The van der Waals surface area contributed by atoms with Crippen LogP contribution in [-0.4, -0.2) is 13.2 Å². The highest BCUT2D eigenvalue weighted by atomic mass is 79.9. The Morgan fingerprint density at radius 3 is 2.75 bits per heavy atom. The van der Waals surface area contributed by atoms with Crippen molar-refractivity contribution in [3.05, 3.63) is 28.2 Å². The molecule has 1 aromatic carbocycles. The third-order valence-corrected chi connectivity index (χ3v) is 2.74. The molecule has 0 amide bonds. The van der Waals surface area contributed by atoms with E-state index >= 15 is 0 Å². The zero-order valence-electron chi connectivity index (χ0n) is 10.0. The summed E-state index contributed by atoms with van der Waals surface area (Å²) in [4.78, 5) is 0. The first-order chi connectivity index (χ1) is 7.63. The average molecular weight is 286 g/mol. The first kappa shape index (κ1) is 13.5. The Bertz CT molecular complexity index is 326. The largest absolute Gasteiger partial charge is 0.493 e. The number of nitrogens with two attached hydrogens (primary N) is 1. The van der Waals surface area contributed by atoms with Crippen LogP contribution in [0.25, 0.3) is 0 Å². The Morgan fingerprint density at radius 1 is 1.38 bits per heavy atom. The Hall–Kier alpha value is -0.540. The highest BCUT2D eigenvalue weighted by molar-refractivity contribution is 9.10. The van der Waals surface area contributed by atoms with Gasteiger partial charge in [-0.15, -0.1) is 0 Å². The van der Waals surface area contributed by atoms with E-state index in [1.165, 1.54) is 5.56 Å². The summed E-state index contributed by atoms with van der Waals surface area (Å²) in [5.41, 5.74) is 6.77. The van der Waals surface area contributed by atoms with Gasteiger partial charge in [0, 0.05) is 4.47 Å². The SMILES string of the molecule is CC(C)COc1ccc(Br)cc1CCCN. The van der Waals surface area contributed by atoms with E-state index in [0.29, 0.717) is 5.92 Å². The van der Waals surface area contributed by atoms with E-state index in [1.807, 2.05) is 12.1 Å². The van der Waals surface area contributed by atoms with Gasteiger partial charge < -0.3 is 10.5 Å². The monoisotopic (exact) mass is 285 g/mol. The fourth-order valence-corrected chi connectivity index (χ4v) is 1.84. The molecule has 0 heterocycles. The summed E-state index contributed by atoms with van der Waals surface area (Å²) in [5, 5.41) is 0. The van der Waals surface area contributed by atoms with Crippen LogP contribution in [0.15, 0.2) is 22.7 Å². The Balaban J connectivity index is 2.72. The number of benzene rings is 1. The number of ether oxygens (including phenoxy) is 1. The van der Waals surface area contributed by atoms with E-state index in [2.05, 4.69) is 35.8 Å². The van der Waals surface area contributed by atoms with Gasteiger partial charge in [0.25, 0.3) is 0 Å². The molecule has 0 radical (unpaired) electrons. The van der Waals surface area contributed by atoms with Crippen molar-refractivity contribution in [3.63, 3.8) is 0 Å². The van der Waals surface area contributed by atoms with Crippen LogP contribution < -0.4 is 10.5 Å². The molecule has 1 aromatic rings. The van der Waals surface area contributed by atoms with Crippen molar-refractivity contribution >= 4 is 15.9 Å². The van der Waals surface area contributed by atoms with Gasteiger partial charge in [0.05, 0.1) is 6.61 Å². The lowest BCUT2D eigenvalue weighted by Crippen LogP contribution is -2.07. The van der Waals surface area contributed by atoms with Crippen molar-refractivity contribution in [1.29, 1.82) is 0 Å². The molecule has 2 nitrogen and oxygen atoms in total. The number of halogens is 1. The Labute approximate surface area is 106 Å². The van der Waals surface area contributed by atoms with Gasteiger partial charge in [0.15, 0.2) is 0 Å². The summed E-state index contributed by atoms with van der Waals surface area (Å²) in [5.74, 6) is 1.54. The molecule has 0 atom stereocenters. The first-order valence-electron chi connectivity index (χ1n) is 5.74. The second kappa shape index (κ2) is 6.92. The molecule has 0 bridgehead atoms. The molecule has 0 aromatic heterocycles. The molecule has 90 valence electrons. The summed E-state index contributed by atoms with van der Waals surface area (Å²) in [6.45, 7) is 5.78. The van der Waals surface area contributed by atoms with Crippen molar-refractivity contribution in [1.82, 2.24) is 0 Å². The predicted molar refractivity (Wildman–Crippen MR) is 71.9 cm³/mol. The van der Waals surface area contributed by atoms with E-state index < -0.39 is 0 Å². The molecule has 0 saturated carbocycles. The lowest BCUT2D eigenvalue weighted by Gasteiger charge is -2.13. The van der Waals surface area contributed by atoms with Crippen molar-refractivity contribution in [3.8, 4) is 5.75 Å². The molecule has 0 aliphatic heterocycles. The normalized spacial score (nSPS) is 10.8. The average Bonchev–Trinajstić information content (AvgIpc) is 2.24. The highest BCUT2D eigenvalue weighted by Crippen LogP contribution is 2.24. The maximum atomic E-state index is 5.79. The van der Waals surface area contributed by atoms with Gasteiger partial charge in [-0.1, -0.05) is 29.8 Å². The maximum absolute atomic E-state index is 5.79. The molecule has 0 fully saturated rings. The minimum atomic E-state index is 0.547. The summed E-state index contributed by atoms with van der Waals surface area (Å²) in [6, 6.07) is 6.16. The first-order valence-corrected chi connectivity index (χ1v) is 6.54. The van der Waals surface area contributed by atoms with Crippen molar-refractivity contribution in [2.75, 3.05) is 13.2 Å². The van der Waals surface area contributed by atoms with E-state index in [1.54, 1.807) is 0 Å². The highest BCUT2D eigenvalue weighted by Gasteiger charge is 2.05. The molecule has 0 spiro atoms. The van der Waals surface area contributed by atoms with Crippen LogP contribution in [0.4, 0.5) is 0 Å². The smallest absolute Gasteiger partial charge is 0.122 e. The van der Waals surface area contributed by atoms with Gasteiger partial charge in [-0.2, -0.15) is 0 Å². The summed E-state index contributed by atoms with van der Waals surface area (Å²) < 4.78 is 6.88. The van der Waals surface area contributed by atoms with Gasteiger partial charge in [0.1, 0.15) is 5.75 Å². The van der Waals surface area contributed by atoms with Crippen molar-refractivity contribution in [2.45, 2.75) is 26.7 Å². The third-order valence-electron chi connectivity index (χ3n) is 2.24. The lowest BCUT2D eigenvalue weighted by molar-refractivity contribution is 0.268. The van der Waals surface area contributed by atoms with Gasteiger partial charge in [0.2, 0.25) is 0 Å². The topological polar surface area (TPSA) is 35.2 Å². The molecule has 2 N–H and O–H groups in total. The second-order valence-electron chi connectivity index (χ2n) is 4.35. The predicted octanol–water partition coefficient (Wildman–Crippen LogP) is 3.38.